The van der Waals surface area contributed by atoms with Crippen LogP contribution in [0.25, 0.3) is 0 Å². The van der Waals surface area contributed by atoms with Gasteiger partial charge < -0.3 is 10.0 Å². The molecule has 19 heavy (non-hydrogen) atoms. The normalized spacial score (nSPS) is 19.7. The summed E-state index contributed by atoms with van der Waals surface area (Å²) in [6.45, 7) is 4.44. The van der Waals surface area contributed by atoms with Gasteiger partial charge in [-0.3, -0.25) is 9.48 Å². The molecule has 6 heteroatoms. The van der Waals surface area contributed by atoms with Crippen LogP contribution in [0.3, 0.4) is 0 Å². The molecule has 1 aromatic rings. The lowest BCUT2D eigenvalue weighted by Gasteiger charge is -2.32. The molecular weight excluding hydrogens is 246 g/mol. The lowest BCUT2D eigenvalue weighted by Crippen LogP contribution is -2.48. The average molecular weight is 265 g/mol. The third-order valence-corrected chi connectivity index (χ3v) is 3.41. The highest BCUT2D eigenvalue weighted by Crippen LogP contribution is 2.19. The molecule has 6 nitrogen and oxygen atoms in total. The monoisotopic (exact) mass is 265 g/mol. The van der Waals surface area contributed by atoms with Crippen molar-refractivity contribution in [2.24, 2.45) is 0 Å². The minimum Gasteiger partial charge on any atom is -0.480 e. The van der Waals surface area contributed by atoms with Crippen molar-refractivity contribution in [2.75, 3.05) is 6.54 Å². The Hall–Kier alpha value is -1.85. The number of likely N-dealkylation sites (tertiary alicyclic amines) is 1. The van der Waals surface area contributed by atoms with E-state index < -0.39 is 12.0 Å². The second-order valence-corrected chi connectivity index (χ2v) is 5.12. The summed E-state index contributed by atoms with van der Waals surface area (Å²) >= 11 is 0. The molecule has 0 spiro atoms. The zero-order valence-corrected chi connectivity index (χ0v) is 11.2. The maximum Gasteiger partial charge on any atom is 0.326 e. The number of piperidine rings is 1. The third kappa shape index (κ3) is 2.77. The van der Waals surface area contributed by atoms with Gasteiger partial charge in [0.05, 0.1) is 0 Å². The minimum absolute atomic E-state index is 0.179. The second-order valence-electron chi connectivity index (χ2n) is 5.12. The molecule has 0 aromatic carbocycles. The quantitative estimate of drug-likeness (QED) is 0.899. The number of carbonyl (C=O) groups excluding carboxylic acids is 1. The lowest BCUT2D eigenvalue weighted by atomic mass is 10.0. The van der Waals surface area contributed by atoms with Gasteiger partial charge in [0.25, 0.3) is 5.91 Å². The Kier molecular flexibility index (Phi) is 3.87. The number of carboxylic acids is 1. The first-order valence-corrected chi connectivity index (χ1v) is 6.59. The highest BCUT2D eigenvalue weighted by Gasteiger charge is 2.33. The van der Waals surface area contributed by atoms with Crippen molar-refractivity contribution in [1.29, 1.82) is 0 Å². The number of hydrogen-bond acceptors (Lipinski definition) is 3. The molecule has 0 saturated carbocycles. The van der Waals surface area contributed by atoms with Crippen LogP contribution >= 0.6 is 0 Å². The SMILES string of the molecule is CC(C)n1ccc(C(=O)N2CCCC[C@@H]2C(=O)O)n1. The van der Waals surface area contributed by atoms with E-state index in [0.717, 1.165) is 12.8 Å². The van der Waals surface area contributed by atoms with E-state index in [9.17, 15) is 14.7 Å². The fraction of sp³-hybridized carbons (Fsp3) is 0.615. The molecule has 1 saturated heterocycles. The summed E-state index contributed by atoms with van der Waals surface area (Å²) in [7, 11) is 0. The number of amides is 1. The van der Waals surface area contributed by atoms with Crippen molar-refractivity contribution >= 4 is 11.9 Å². The van der Waals surface area contributed by atoms with E-state index in [0.29, 0.717) is 18.7 Å². The molecule has 1 aromatic heterocycles. The van der Waals surface area contributed by atoms with Gasteiger partial charge in [0.1, 0.15) is 11.7 Å². The molecule has 1 aliphatic heterocycles. The van der Waals surface area contributed by atoms with Gasteiger partial charge in [-0.1, -0.05) is 0 Å². The van der Waals surface area contributed by atoms with E-state index in [1.54, 1.807) is 16.9 Å². The maximum atomic E-state index is 12.3. The van der Waals surface area contributed by atoms with Crippen LogP contribution in [0, 0.1) is 0 Å². The van der Waals surface area contributed by atoms with E-state index in [2.05, 4.69) is 5.10 Å². The number of aliphatic carboxylic acids is 1. The predicted molar refractivity (Wildman–Crippen MR) is 68.9 cm³/mol. The van der Waals surface area contributed by atoms with Gasteiger partial charge in [0, 0.05) is 18.8 Å². The van der Waals surface area contributed by atoms with E-state index in [1.165, 1.54) is 4.90 Å². The molecule has 2 heterocycles. The Bertz CT molecular complexity index is 481. The summed E-state index contributed by atoms with van der Waals surface area (Å²) in [5.41, 5.74) is 0.321. The first-order chi connectivity index (χ1) is 9.00. The van der Waals surface area contributed by atoms with E-state index in [4.69, 9.17) is 0 Å². The molecular formula is C13H19N3O3. The number of carbonyl (C=O) groups is 2. The number of carboxylic acid groups (broad SMARTS) is 1. The lowest BCUT2D eigenvalue weighted by molar-refractivity contribution is -0.143. The smallest absolute Gasteiger partial charge is 0.326 e. The van der Waals surface area contributed by atoms with Crippen LogP contribution in [0.1, 0.15) is 49.6 Å². The third-order valence-electron chi connectivity index (χ3n) is 3.41. The molecule has 1 amide bonds. The first-order valence-electron chi connectivity index (χ1n) is 6.59. The number of nitrogens with zero attached hydrogens (tertiary/aromatic N) is 3. The highest BCUT2D eigenvalue weighted by molar-refractivity contribution is 5.95. The van der Waals surface area contributed by atoms with Crippen molar-refractivity contribution < 1.29 is 14.7 Å². The van der Waals surface area contributed by atoms with Crippen LogP contribution in [0.4, 0.5) is 0 Å². The van der Waals surface area contributed by atoms with Crippen molar-refractivity contribution in [3.63, 3.8) is 0 Å². The number of aromatic nitrogens is 2. The van der Waals surface area contributed by atoms with Crippen LogP contribution in [0.2, 0.25) is 0 Å². The van der Waals surface area contributed by atoms with Gasteiger partial charge in [-0.2, -0.15) is 5.10 Å². The van der Waals surface area contributed by atoms with Crippen LogP contribution in [-0.4, -0.2) is 44.3 Å². The minimum atomic E-state index is -0.934. The predicted octanol–water partition coefficient (Wildman–Crippen LogP) is 1.54. The van der Waals surface area contributed by atoms with Crippen molar-refractivity contribution in [3.05, 3.63) is 18.0 Å². The topological polar surface area (TPSA) is 75.4 Å². The van der Waals surface area contributed by atoms with Crippen molar-refractivity contribution in [1.82, 2.24) is 14.7 Å². The van der Waals surface area contributed by atoms with E-state index in [-0.39, 0.29) is 11.9 Å². The van der Waals surface area contributed by atoms with Gasteiger partial charge in [0.2, 0.25) is 0 Å². The average Bonchev–Trinajstić information content (AvgIpc) is 2.87. The largest absolute Gasteiger partial charge is 0.480 e. The number of hydrogen-bond donors (Lipinski definition) is 1. The summed E-state index contributed by atoms with van der Waals surface area (Å²) in [6, 6.07) is 1.11. The van der Waals surface area contributed by atoms with Crippen LogP contribution in [0.5, 0.6) is 0 Å². The van der Waals surface area contributed by atoms with E-state index in [1.807, 2.05) is 13.8 Å². The molecule has 0 unspecified atom stereocenters. The molecule has 0 bridgehead atoms. The molecule has 1 fully saturated rings. The summed E-state index contributed by atoms with van der Waals surface area (Å²) < 4.78 is 1.70. The second kappa shape index (κ2) is 5.42. The molecule has 1 N–H and O–H groups in total. The highest BCUT2D eigenvalue weighted by atomic mass is 16.4. The summed E-state index contributed by atoms with van der Waals surface area (Å²) in [5.74, 6) is -1.22. The molecule has 104 valence electrons. The summed E-state index contributed by atoms with van der Waals surface area (Å²) in [5, 5.41) is 13.4. The molecule has 0 aliphatic carbocycles. The fourth-order valence-corrected chi connectivity index (χ4v) is 2.32. The van der Waals surface area contributed by atoms with Crippen LogP contribution < -0.4 is 0 Å². The Morgan fingerprint density at radius 3 is 2.74 bits per heavy atom. The molecule has 1 aliphatic rings. The first kappa shape index (κ1) is 13.6. The number of rotatable bonds is 3. The Balaban J connectivity index is 2.18. The van der Waals surface area contributed by atoms with Gasteiger partial charge in [-0.25, -0.2) is 4.79 Å². The maximum absolute atomic E-state index is 12.3. The van der Waals surface area contributed by atoms with Gasteiger partial charge >= 0.3 is 5.97 Å². The molecule has 2 rings (SSSR count). The molecule has 0 radical (unpaired) electrons. The van der Waals surface area contributed by atoms with Crippen molar-refractivity contribution in [2.45, 2.75) is 45.2 Å². The van der Waals surface area contributed by atoms with Gasteiger partial charge in [-0.15, -0.1) is 0 Å². The zero-order valence-electron chi connectivity index (χ0n) is 11.2. The van der Waals surface area contributed by atoms with Crippen LogP contribution in [0.15, 0.2) is 12.3 Å². The van der Waals surface area contributed by atoms with Crippen molar-refractivity contribution in [3.8, 4) is 0 Å². The van der Waals surface area contributed by atoms with E-state index >= 15 is 0 Å². The Morgan fingerprint density at radius 2 is 2.16 bits per heavy atom. The zero-order chi connectivity index (χ0) is 14.0. The van der Waals surface area contributed by atoms with Gasteiger partial charge in [0.15, 0.2) is 0 Å². The van der Waals surface area contributed by atoms with Gasteiger partial charge in [-0.05, 0) is 39.2 Å². The summed E-state index contributed by atoms with van der Waals surface area (Å²) in [6.07, 6.45) is 3.96. The molecule has 1 atom stereocenters. The standard InChI is InChI=1S/C13H19N3O3/c1-9(2)16-8-6-10(14-16)12(17)15-7-4-3-5-11(15)13(18)19/h6,8-9,11H,3-5,7H2,1-2H3,(H,18,19)/t11-/m1/s1. The summed E-state index contributed by atoms with van der Waals surface area (Å²) in [4.78, 5) is 25.0. The van der Waals surface area contributed by atoms with Crippen LogP contribution in [-0.2, 0) is 4.79 Å². The fourth-order valence-electron chi connectivity index (χ4n) is 2.32. The Morgan fingerprint density at radius 1 is 1.42 bits per heavy atom. The Labute approximate surface area is 112 Å².